The van der Waals surface area contributed by atoms with Crippen molar-refractivity contribution in [2.24, 2.45) is 0 Å². The van der Waals surface area contributed by atoms with E-state index in [1.165, 1.54) is 25.7 Å². The first-order valence-corrected chi connectivity index (χ1v) is 6.89. The lowest BCUT2D eigenvalue weighted by Gasteiger charge is -2.15. The summed E-state index contributed by atoms with van der Waals surface area (Å²) in [6, 6.07) is 5.63. The van der Waals surface area contributed by atoms with Crippen LogP contribution in [0.5, 0.6) is 5.75 Å². The van der Waals surface area contributed by atoms with Gasteiger partial charge < -0.3 is 4.74 Å². The molecule has 0 aromatic heterocycles. The van der Waals surface area contributed by atoms with Crippen molar-refractivity contribution in [2.75, 3.05) is 0 Å². The predicted octanol–water partition coefficient (Wildman–Crippen LogP) is 4.55. The van der Waals surface area contributed by atoms with Crippen molar-refractivity contribution < 1.29 is 9.53 Å². The molecule has 2 nitrogen and oxygen atoms in total. The van der Waals surface area contributed by atoms with Gasteiger partial charge in [-0.05, 0) is 50.5 Å². The van der Waals surface area contributed by atoms with Crippen LogP contribution in [-0.4, -0.2) is 12.4 Å². The molecule has 0 radical (unpaired) electrons. The number of aldehydes is 1. The maximum Gasteiger partial charge on any atom is 0.150 e. The van der Waals surface area contributed by atoms with Crippen LogP contribution in [0.1, 0.15) is 61.9 Å². The summed E-state index contributed by atoms with van der Waals surface area (Å²) in [6.07, 6.45) is 7.29. The van der Waals surface area contributed by atoms with Crippen molar-refractivity contribution in [1.82, 2.24) is 0 Å². The molecule has 0 heterocycles. The topological polar surface area (TPSA) is 26.3 Å². The number of rotatable bonds is 8. The molecule has 1 unspecified atom stereocenters. The maximum atomic E-state index is 10.7. The minimum Gasteiger partial charge on any atom is -0.491 e. The molecule has 0 fully saturated rings. The fourth-order valence-corrected chi connectivity index (χ4v) is 2.00. The highest BCUT2D eigenvalue weighted by Gasteiger charge is 2.05. The summed E-state index contributed by atoms with van der Waals surface area (Å²) in [4.78, 5) is 10.7. The molecule has 1 aromatic carbocycles. The third kappa shape index (κ3) is 4.91. The van der Waals surface area contributed by atoms with Gasteiger partial charge in [0.05, 0.1) is 6.10 Å². The molecule has 0 bridgehead atoms. The molecule has 18 heavy (non-hydrogen) atoms. The van der Waals surface area contributed by atoms with Crippen molar-refractivity contribution in [2.45, 2.75) is 59.0 Å². The van der Waals surface area contributed by atoms with Gasteiger partial charge >= 0.3 is 0 Å². The first-order valence-electron chi connectivity index (χ1n) is 6.89. The van der Waals surface area contributed by atoms with E-state index in [4.69, 9.17) is 4.74 Å². The van der Waals surface area contributed by atoms with E-state index in [0.29, 0.717) is 0 Å². The molecule has 2 heteroatoms. The largest absolute Gasteiger partial charge is 0.491 e. The van der Waals surface area contributed by atoms with Crippen molar-refractivity contribution in [1.29, 1.82) is 0 Å². The Morgan fingerprint density at radius 3 is 2.67 bits per heavy atom. The normalized spacial score (nSPS) is 12.2. The van der Waals surface area contributed by atoms with E-state index in [9.17, 15) is 4.79 Å². The number of aryl methyl sites for hydroxylation is 1. The Bertz CT molecular complexity index is 371. The van der Waals surface area contributed by atoms with Gasteiger partial charge in [-0.3, -0.25) is 4.79 Å². The van der Waals surface area contributed by atoms with Gasteiger partial charge in [-0.15, -0.1) is 0 Å². The number of hydrogen-bond acceptors (Lipinski definition) is 2. The summed E-state index contributed by atoms with van der Waals surface area (Å²) in [7, 11) is 0. The van der Waals surface area contributed by atoms with E-state index < -0.39 is 0 Å². The van der Waals surface area contributed by atoms with Crippen LogP contribution in [0.15, 0.2) is 18.2 Å². The first kappa shape index (κ1) is 14.7. The summed E-state index contributed by atoms with van der Waals surface area (Å²) < 4.78 is 5.86. The van der Waals surface area contributed by atoms with Gasteiger partial charge in [-0.2, -0.15) is 0 Å². The molecular weight excluding hydrogens is 224 g/mol. The van der Waals surface area contributed by atoms with Gasteiger partial charge in [0.1, 0.15) is 12.0 Å². The summed E-state index contributed by atoms with van der Waals surface area (Å²) in [5, 5.41) is 0. The van der Waals surface area contributed by atoms with E-state index in [0.717, 1.165) is 29.6 Å². The number of ether oxygens (including phenoxy) is 1. The van der Waals surface area contributed by atoms with Crippen LogP contribution in [0.25, 0.3) is 0 Å². The Labute approximate surface area is 110 Å². The third-order valence-electron chi connectivity index (χ3n) is 3.17. The average molecular weight is 248 g/mol. The van der Waals surface area contributed by atoms with E-state index >= 15 is 0 Å². The lowest BCUT2D eigenvalue weighted by molar-refractivity contribution is 0.112. The molecule has 0 aliphatic carbocycles. The lowest BCUT2D eigenvalue weighted by Crippen LogP contribution is -2.11. The van der Waals surface area contributed by atoms with Gasteiger partial charge in [-0.1, -0.05) is 26.2 Å². The van der Waals surface area contributed by atoms with E-state index in [-0.39, 0.29) is 6.10 Å². The van der Waals surface area contributed by atoms with E-state index in [1.807, 2.05) is 25.1 Å². The number of carbonyl (C=O) groups excluding carboxylic acids is 1. The van der Waals surface area contributed by atoms with Crippen molar-refractivity contribution in [3.63, 3.8) is 0 Å². The van der Waals surface area contributed by atoms with Crippen molar-refractivity contribution in [3.05, 3.63) is 29.3 Å². The van der Waals surface area contributed by atoms with Crippen LogP contribution in [0.4, 0.5) is 0 Å². The van der Waals surface area contributed by atoms with Crippen LogP contribution in [-0.2, 0) is 0 Å². The summed E-state index contributed by atoms with van der Waals surface area (Å²) >= 11 is 0. The monoisotopic (exact) mass is 248 g/mol. The summed E-state index contributed by atoms with van der Waals surface area (Å²) in [5.41, 5.74) is 1.71. The molecular formula is C16H24O2. The average Bonchev–Trinajstić information content (AvgIpc) is 2.35. The minimum atomic E-state index is 0.239. The zero-order chi connectivity index (χ0) is 13.4. The fraction of sp³-hybridized carbons (Fsp3) is 0.562. The van der Waals surface area contributed by atoms with Crippen LogP contribution >= 0.6 is 0 Å². The molecule has 0 N–H and O–H groups in total. The SMILES string of the molecule is CCCCCCC(C)Oc1ccc(C=O)c(C)c1. The van der Waals surface area contributed by atoms with Gasteiger partial charge in [0.2, 0.25) is 0 Å². The Morgan fingerprint density at radius 1 is 1.28 bits per heavy atom. The molecule has 100 valence electrons. The fourth-order valence-electron chi connectivity index (χ4n) is 2.00. The van der Waals surface area contributed by atoms with Crippen LogP contribution < -0.4 is 4.74 Å². The van der Waals surface area contributed by atoms with Crippen LogP contribution in [0, 0.1) is 6.92 Å². The highest BCUT2D eigenvalue weighted by molar-refractivity contribution is 5.77. The predicted molar refractivity (Wildman–Crippen MR) is 75.4 cm³/mol. The highest BCUT2D eigenvalue weighted by atomic mass is 16.5. The number of unbranched alkanes of at least 4 members (excludes halogenated alkanes) is 3. The Hall–Kier alpha value is -1.31. The van der Waals surface area contributed by atoms with Crippen molar-refractivity contribution in [3.8, 4) is 5.75 Å². The second-order valence-electron chi connectivity index (χ2n) is 4.91. The smallest absolute Gasteiger partial charge is 0.150 e. The quantitative estimate of drug-likeness (QED) is 0.498. The molecule has 0 aliphatic heterocycles. The molecule has 1 atom stereocenters. The number of carbonyl (C=O) groups is 1. The molecule has 1 rings (SSSR count). The Balaban J connectivity index is 2.41. The molecule has 1 aromatic rings. The molecule has 0 aliphatic rings. The zero-order valence-electron chi connectivity index (χ0n) is 11.7. The van der Waals surface area contributed by atoms with Crippen molar-refractivity contribution >= 4 is 6.29 Å². The maximum absolute atomic E-state index is 10.7. The second kappa shape index (κ2) is 7.91. The third-order valence-corrected chi connectivity index (χ3v) is 3.17. The molecule has 0 spiro atoms. The molecule has 0 saturated heterocycles. The van der Waals surface area contributed by atoms with Gasteiger partial charge in [0.15, 0.2) is 0 Å². The number of hydrogen-bond donors (Lipinski definition) is 0. The minimum absolute atomic E-state index is 0.239. The van der Waals surface area contributed by atoms with Crippen LogP contribution in [0.2, 0.25) is 0 Å². The summed E-state index contributed by atoms with van der Waals surface area (Å²) in [5.74, 6) is 0.862. The zero-order valence-corrected chi connectivity index (χ0v) is 11.7. The molecule has 0 amide bonds. The Morgan fingerprint density at radius 2 is 2.06 bits per heavy atom. The number of benzene rings is 1. The first-order chi connectivity index (χ1) is 8.67. The standard InChI is InChI=1S/C16H24O2/c1-4-5-6-7-8-14(3)18-16-10-9-15(12-17)13(2)11-16/h9-12,14H,4-8H2,1-3H3. The van der Waals surface area contributed by atoms with Gasteiger partial charge in [-0.25, -0.2) is 0 Å². The van der Waals surface area contributed by atoms with E-state index in [2.05, 4.69) is 13.8 Å². The van der Waals surface area contributed by atoms with Gasteiger partial charge in [0.25, 0.3) is 0 Å². The summed E-state index contributed by atoms with van der Waals surface area (Å²) in [6.45, 7) is 6.26. The highest BCUT2D eigenvalue weighted by Crippen LogP contribution is 2.19. The van der Waals surface area contributed by atoms with Crippen LogP contribution in [0.3, 0.4) is 0 Å². The molecule has 0 saturated carbocycles. The Kier molecular flexibility index (Phi) is 6.48. The lowest BCUT2D eigenvalue weighted by atomic mass is 10.1. The second-order valence-corrected chi connectivity index (χ2v) is 4.91. The van der Waals surface area contributed by atoms with E-state index in [1.54, 1.807) is 0 Å². The van der Waals surface area contributed by atoms with Gasteiger partial charge in [0, 0.05) is 5.56 Å².